The highest BCUT2D eigenvalue weighted by Gasteiger charge is 2.26. The minimum Gasteiger partial charge on any atom is -0.352 e. The molecule has 3 rings (SSSR count). The normalized spacial score (nSPS) is 21.3. The summed E-state index contributed by atoms with van der Waals surface area (Å²) in [7, 11) is 0. The van der Waals surface area contributed by atoms with Gasteiger partial charge in [-0.3, -0.25) is 14.5 Å². The largest absolute Gasteiger partial charge is 0.352 e. The van der Waals surface area contributed by atoms with Gasteiger partial charge in [0.2, 0.25) is 11.8 Å². The Hall–Kier alpha value is -1.88. The minimum absolute atomic E-state index is 0.0634. The van der Waals surface area contributed by atoms with Crippen molar-refractivity contribution in [1.82, 2.24) is 15.1 Å². The van der Waals surface area contributed by atoms with Crippen molar-refractivity contribution in [2.45, 2.75) is 45.7 Å². The summed E-state index contributed by atoms with van der Waals surface area (Å²) < 4.78 is 0. The monoisotopic (exact) mass is 343 g/mol. The summed E-state index contributed by atoms with van der Waals surface area (Å²) >= 11 is 0. The highest BCUT2D eigenvalue weighted by Crippen LogP contribution is 2.18. The predicted molar refractivity (Wildman–Crippen MR) is 97.8 cm³/mol. The molecule has 0 saturated carbocycles. The number of nitrogens with one attached hydrogen (secondary N) is 1. The molecule has 2 saturated heterocycles. The Morgan fingerprint density at radius 1 is 1.08 bits per heavy atom. The van der Waals surface area contributed by atoms with E-state index in [2.05, 4.69) is 28.4 Å². The standard InChI is InChI=1S/C20H29N3O2/c1-16(24)23-12-6-9-19(15-23)20(25)21-13-17-7-2-3-8-18(17)14-22-10-4-5-11-22/h2-3,7-8,19H,4-6,9-15H2,1H3,(H,21,25). The van der Waals surface area contributed by atoms with Crippen molar-refractivity contribution in [3.05, 3.63) is 35.4 Å². The zero-order chi connectivity index (χ0) is 17.6. The first-order valence-electron chi connectivity index (χ1n) is 9.46. The van der Waals surface area contributed by atoms with Gasteiger partial charge in [0.1, 0.15) is 0 Å². The second kappa shape index (κ2) is 8.48. The smallest absolute Gasteiger partial charge is 0.225 e. The van der Waals surface area contributed by atoms with E-state index >= 15 is 0 Å². The minimum atomic E-state index is -0.0802. The molecule has 1 N–H and O–H groups in total. The first kappa shape index (κ1) is 17.9. The maximum atomic E-state index is 12.5. The summed E-state index contributed by atoms with van der Waals surface area (Å²) in [4.78, 5) is 28.3. The van der Waals surface area contributed by atoms with Crippen molar-refractivity contribution >= 4 is 11.8 Å². The molecule has 1 aromatic rings. The quantitative estimate of drug-likeness (QED) is 0.891. The Morgan fingerprint density at radius 3 is 2.52 bits per heavy atom. The van der Waals surface area contributed by atoms with Crippen LogP contribution in [0.3, 0.4) is 0 Å². The number of carbonyl (C=O) groups excluding carboxylic acids is 2. The van der Waals surface area contributed by atoms with E-state index in [0.717, 1.165) is 25.9 Å². The van der Waals surface area contributed by atoms with Gasteiger partial charge in [0.15, 0.2) is 0 Å². The SMILES string of the molecule is CC(=O)N1CCCC(C(=O)NCc2ccccc2CN2CCCC2)C1. The van der Waals surface area contributed by atoms with Crippen LogP contribution in [-0.2, 0) is 22.7 Å². The van der Waals surface area contributed by atoms with Crippen LogP contribution in [0.15, 0.2) is 24.3 Å². The molecule has 2 aliphatic heterocycles. The summed E-state index contributed by atoms with van der Waals surface area (Å²) in [6, 6.07) is 8.38. The Labute approximate surface area is 150 Å². The number of rotatable bonds is 5. The average molecular weight is 343 g/mol. The van der Waals surface area contributed by atoms with Gasteiger partial charge in [-0.1, -0.05) is 24.3 Å². The molecule has 1 aromatic carbocycles. The summed E-state index contributed by atoms with van der Waals surface area (Å²) in [5.41, 5.74) is 2.50. The van der Waals surface area contributed by atoms with Crippen molar-refractivity contribution in [2.24, 2.45) is 5.92 Å². The second-order valence-corrected chi connectivity index (χ2v) is 7.27. The van der Waals surface area contributed by atoms with Gasteiger partial charge < -0.3 is 10.2 Å². The van der Waals surface area contributed by atoms with Gasteiger partial charge in [0.25, 0.3) is 0 Å². The Morgan fingerprint density at radius 2 is 1.80 bits per heavy atom. The van der Waals surface area contributed by atoms with Crippen LogP contribution in [-0.4, -0.2) is 47.8 Å². The number of benzene rings is 1. The highest BCUT2D eigenvalue weighted by atomic mass is 16.2. The molecule has 0 aromatic heterocycles. The van der Waals surface area contributed by atoms with Crippen LogP contribution in [0.5, 0.6) is 0 Å². The zero-order valence-electron chi connectivity index (χ0n) is 15.2. The number of nitrogens with zero attached hydrogens (tertiary/aromatic N) is 2. The van der Waals surface area contributed by atoms with Gasteiger partial charge in [-0.15, -0.1) is 0 Å². The van der Waals surface area contributed by atoms with Crippen LogP contribution in [0.4, 0.5) is 0 Å². The maximum absolute atomic E-state index is 12.5. The van der Waals surface area contributed by atoms with E-state index in [-0.39, 0.29) is 17.7 Å². The molecule has 0 aliphatic carbocycles. The van der Waals surface area contributed by atoms with E-state index in [1.54, 1.807) is 11.8 Å². The maximum Gasteiger partial charge on any atom is 0.225 e. The van der Waals surface area contributed by atoms with Crippen molar-refractivity contribution in [1.29, 1.82) is 0 Å². The fraction of sp³-hybridized carbons (Fsp3) is 0.600. The summed E-state index contributed by atoms with van der Waals surface area (Å²) in [5, 5.41) is 3.10. The molecule has 0 spiro atoms. The molecule has 1 unspecified atom stereocenters. The van der Waals surface area contributed by atoms with E-state index in [9.17, 15) is 9.59 Å². The predicted octanol–water partition coefficient (Wildman–Crippen LogP) is 2.16. The average Bonchev–Trinajstić information content (AvgIpc) is 3.14. The van der Waals surface area contributed by atoms with Crippen LogP contribution in [0.25, 0.3) is 0 Å². The van der Waals surface area contributed by atoms with Gasteiger partial charge >= 0.3 is 0 Å². The Balaban J connectivity index is 1.55. The van der Waals surface area contributed by atoms with Gasteiger partial charge in [0, 0.05) is 33.1 Å². The van der Waals surface area contributed by atoms with Crippen molar-refractivity contribution in [2.75, 3.05) is 26.2 Å². The molecule has 136 valence electrons. The lowest BCUT2D eigenvalue weighted by Crippen LogP contribution is -2.44. The molecule has 1 atom stereocenters. The fourth-order valence-electron chi connectivity index (χ4n) is 3.87. The molecule has 2 amide bonds. The van der Waals surface area contributed by atoms with Crippen LogP contribution in [0.1, 0.15) is 43.7 Å². The number of likely N-dealkylation sites (tertiary alicyclic amines) is 2. The molecule has 0 bridgehead atoms. The lowest BCUT2D eigenvalue weighted by molar-refractivity contribution is -0.134. The highest BCUT2D eigenvalue weighted by molar-refractivity contribution is 5.80. The third-order valence-corrected chi connectivity index (χ3v) is 5.40. The van der Waals surface area contributed by atoms with E-state index in [4.69, 9.17) is 0 Å². The Kier molecular flexibility index (Phi) is 6.08. The summed E-state index contributed by atoms with van der Waals surface area (Å²) in [5.74, 6) is 0.0544. The molecule has 0 radical (unpaired) electrons. The first-order valence-corrected chi connectivity index (χ1v) is 9.46. The van der Waals surface area contributed by atoms with Gasteiger partial charge in [-0.2, -0.15) is 0 Å². The van der Waals surface area contributed by atoms with Crippen molar-refractivity contribution in [3.8, 4) is 0 Å². The van der Waals surface area contributed by atoms with Crippen LogP contribution >= 0.6 is 0 Å². The van der Waals surface area contributed by atoms with Gasteiger partial charge in [-0.05, 0) is 49.9 Å². The van der Waals surface area contributed by atoms with Crippen LogP contribution in [0, 0.1) is 5.92 Å². The number of carbonyl (C=O) groups is 2. The topological polar surface area (TPSA) is 52.7 Å². The molecular formula is C20H29N3O2. The second-order valence-electron chi connectivity index (χ2n) is 7.27. The van der Waals surface area contributed by atoms with Crippen LogP contribution < -0.4 is 5.32 Å². The fourth-order valence-corrected chi connectivity index (χ4v) is 3.87. The molecule has 25 heavy (non-hydrogen) atoms. The van der Waals surface area contributed by atoms with E-state index in [1.165, 1.54) is 37.1 Å². The molecule has 2 aliphatic rings. The first-order chi connectivity index (χ1) is 12.1. The number of hydrogen-bond acceptors (Lipinski definition) is 3. The molecule has 2 fully saturated rings. The van der Waals surface area contributed by atoms with Gasteiger partial charge in [-0.25, -0.2) is 0 Å². The summed E-state index contributed by atoms with van der Waals surface area (Å²) in [6.07, 6.45) is 4.34. The van der Waals surface area contributed by atoms with Gasteiger partial charge in [0.05, 0.1) is 5.92 Å². The number of hydrogen-bond donors (Lipinski definition) is 1. The molecule has 2 heterocycles. The van der Waals surface area contributed by atoms with Crippen LogP contribution in [0.2, 0.25) is 0 Å². The molecular weight excluding hydrogens is 314 g/mol. The molecule has 5 nitrogen and oxygen atoms in total. The lowest BCUT2D eigenvalue weighted by atomic mass is 9.97. The Bertz CT molecular complexity index is 611. The number of piperidine rings is 1. The van der Waals surface area contributed by atoms with Crippen molar-refractivity contribution < 1.29 is 9.59 Å². The van der Waals surface area contributed by atoms with E-state index in [1.807, 2.05) is 6.07 Å². The molecule has 5 heteroatoms. The zero-order valence-corrected chi connectivity index (χ0v) is 15.2. The van der Waals surface area contributed by atoms with E-state index in [0.29, 0.717) is 13.1 Å². The third-order valence-electron chi connectivity index (χ3n) is 5.40. The van der Waals surface area contributed by atoms with Crippen molar-refractivity contribution in [3.63, 3.8) is 0 Å². The lowest BCUT2D eigenvalue weighted by Gasteiger charge is -2.31. The van der Waals surface area contributed by atoms with E-state index < -0.39 is 0 Å². The summed E-state index contributed by atoms with van der Waals surface area (Å²) in [6.45, 7) is 6.78. The third kappa shape index (κ3) is 4.82. The number of amides is 2.